The predicted octanol–water partition coefficient (Wildman–Crippen LogP) is 5.22. The van der Waals surface area contributed by atoms with Gasteiger partial charge >= 0.3 is 0 Å². The van der Waals surface area contributed by atoms with Crippen molar-refractivity contribution >= 4 is 33.1 Å². The summed E-state index contributed by atoms with van der Waals surface area (Å²) < 4.78 is 6.43. The lowest BCUT2D eigenvalue weighted by atomic mass is 10.1. The van der Waals surface area contributed by atoms with E-state index in [1.54, 1.807) is 30.6 Å². The Balaban J connectivity index is 1.76. The molecule has 0 unspecified atom stereocenters. The van der Waals surface area contributed by atoms with Gasteiger partial charge in [0, 0.05) is 17.2 Å². The number of nitrogens with zero attached hydrogens (tertiary/aromatic N) is 1. The number of amides is 1. The van der Waals surface area contributed by atoms with E-state index in [-0.39, 0.29) is 5.91 Å². The number of rotatable bonds is 4. The molecule has 0 radical (unpaired) electrons. The van der Waals surface area contributed by atoms with Crippen LogP contribution in [0.4, 0.5) is 5.69 Å². The van der Waals surface area contributed by atoms with E-state index in [9.17, 15) is 4.79 Å². The molecule has 5 heteroatoms. The number of nitrogens with one attached hydrogen (secondary N) is 1. The Kier molecular flexibility index (Phi) is 4.37. The van der Waals surface area contributed by atoms with Gasteiger partial charge in [-0.15, -0.1) is 11.3 Å². The molecule has 1 aromatic heterocycles. The predicted molar refractivity (Wildman–Crippen MR) is 106 cm³/mol. The molecule has 0 saturated carbocycles. The zero-order chi connectivity index (χ0) is 17.9. The summed E-state index contributed by atoms with van der Waals surface area (Å²) in [6.07, 6.45) is 0. The summed E-state index contributed by atoms with van der Waals surface area (Å²) in [5, 5.41) is 3.85. The fourth-order valence-electron chi connectivity index (χ4n) is 2.71. The van der Waals surface area contributed by atoms with Crippen LogP contribution in [0.15, 0.2) is 72.8 Å². The molecule has 0 fully saturated rings. The highest BCUT2D eigenvalue weighted by Crippen LogP contribution is 2.36. The molecule has 3 aromatic carbocycles. The fourth-order valence-corrected chi connectivity index (χ4v) is 3.72. The van der Waals surface area contributed by atoms with Crippen molar-refractivity contribution in [2.24, 2.45) is 0 Å². The second-order valence-electron chi connectivity index (χ2n) is 5.72. The Morgan fingerprint density at radius 2 is 1.77 bits per heavy atom. The topological polar surface area (TPSA) is 51.2 Å². The molecule has 0 aliphatic heterocycles. The van der Waals surface area contributed by atoms with Crippen LogP contribution in [-0.2, 0) is 0 Å². The summed E-state index contributed by atoms with van der Waals surface area (Å²) in [6.45, 7) is 0. The van der Waals surface area contributed by atoms with Crippen LogP contribution >= 0.6 is 11.3 Å². The van der Waals surface area contributed by atoms with Crippen LogP contribution in [0, 0.1) is 0 Å². The summed E-state index contributed by atoms with van der Waals surface area (Å²) in [7, 11) is 1.61. The Morgan fingerprint density at radius 3 is 2.54 bits per heavy atom. The Bertz CT molecular complexity index is 1040. The largest absolute Gasteiger partial charge is 0.497 e. The number of thiazole rings is 1. The number of ether oxygens (including phenoxy) is 1. The molecule has 0 aliphatic carbocycles. The average Bonchev–Trinajstić information content (AvgIpc) is 3.12. The van der Waals surface area contributed by atoms with Crippen LogP contribution in [0.2, 0.25) is 0 Å². The first-order valence-corrected chi connectivity index (χ1v) is 8.96. The number of hydrogen-bond acceptors (Lipinski definition) is 4. The third kappa shape index (κ3) is 3.17. The number of para-hydroxylation sites is 1. The van der Waals surface area contributed by atoms with Crippen molar-refractivity contribution in [1.29, 1.82) is 0 Å². The lowest BCUT2D eigenvalue weighted by Gasteiger charge is -2.11. The van der Waals surface area contributed by atoms with Crippen molar-refractivity contribution in [3.05, 3.63) is 78.4 Å². The van der Waals surface area contributed by atoms with Gasteiger partial charge in [0.15, 0.2) is 0 Å². The van der Waals surface area contributed by atoms with E-state index in [1.165, 1.54) is 0 Å². The lowest BCUT2D eigenvalue weighted by Crippen LogP contribution is -2.12. The van der Waals surface area contributed by atoms with Crippen molar-refractivity contribution in [3.8, 4) is 16.3 Å². The van der Waals surface area contributed by atoms with Crippen molar-refractivity contribution < 1.29 is 9.53 Å². The number of aromatic nitrogens is 1. The maximum Gasteiger partial charge on any atom is 0.255 e. The molecule has 1 heterocycles. The third-order valence-corrected chi connectivity index (χ3v) is 5.10. The molecule has 0 aliphatic rings. The van der Waals surface area contributed by atoms with E-state index < -0.39 is 0 Å². The normalized spacial score (nSPS) is 10.7. The van der Waals surface area contributed by atoms with Gasteiger partial charge in [0.2, 0.25) is 0 Å². The number of methoxy groups -OCH3 is 1. The third-order valence-electron chi connectivity index (χ3n) is 4.04. The fraction of sp³-hybridized carbons (Fsp3) is 0.0476. The van der Waals surface area contributed by atoms with Crippen LogP contribution in [0.3, 0.4) is 0 Å². The minimum atomic E-state index is -0.166. The SMILES string of the molecule is COc1ccc(-c2nc3ccccc3s2)c(NC(=O)c2ccccc2)c1. The standard InChI is InChI=1S/C21H16N2O2S/c1-25-15-11-12-16(21-23-17-9-5-6-10-19(17)26-21)18(13-15)22-20(24)14-7-3-2-4-8-14/h2-13H,1H3,(H,22,24). The number of fused-ring (bicyclic) bond motifs is 1. The minimum Gasteiger partial charge on any atom is -0.497 e. The zero-order valence-electron chi connectivity index (χ0n) is 14.1. The van der Waals surface area contributed by atoms with E-state index in [0.29, 0.717) is 17.0 Å². The van der Waals surface area contributed by atoms with Crippen LogP contribution in [-0.4, -0.2) is 18.0 Å². The average molecular weight is 360 g/mol. The van der Waals surface area contributed by atoms with Gasteiger partial charge in [0.1, 0.15) is 10.8 Å². The number of carbonyl (C=O) groups is 1. The van der Waals surface area contributed by atoms with Crippen LogP contribution < -0.4 is 10.1 Å². The second-order valence-corrected chi connectivity index (χ2v) is 6.75. The maximum atomic E-state index is 12.6. The molecule has 0 bridgehead atoms. The molecular weight excluding hydrogens is 344 g/mol. The lowest BCUT2D eigenvalue weighted by molar-refractivity contribution is 0.102. The number of hydrogen-bond donors (Lipinski definition) is 1. The van der Waals surface area contributed by atoms with Crippen molar-refractivity contribution in [3.63, 3.8) is 0 Å². The van der Waals surface area contributed by atoms with E-state index in [4.69, 9.17) is 9.72 Å². The van der Waals surface area contributed by atoms with E-state index in [2.05, 4.69) is 5.32 Å². The summed E-state index contributed by atoms with van der Waals surface area (Å²) in [4.78, 5) is 17.3. The second kappa shape index (κ2) is 6.98. The van der Waals surface area contributed by atoms with Gasteiger partial charge < -0.3 is 10.1 Å². The van der Waals surface area contributed by atoms with Gasteiger partial charge in [-0.3, -0.25) is 4.79 Å². The van der Waals surface area contributed by atoms with Crippen molar-refractivity contribution in [1.82, 2.24) is 4.98 Å². The van der Waals surface area contributed by atoms with E-state index >= 15 is 0 Å². The van der Waals surface area contributed by atoms with Gasteiger partial charge in [0.25, 0.3) is 5.91 Å². The van der Waals surface area contributed by atoms with Gasteiger partial charge in [-0.05, 0) is 36.4 Å². The van der Waals surface area contributed by atoms with Gasteiger partial charge in [-0.1, -0.05) is 30.3 Å². The van der Waals surface area contributed by atoms with E-state index in [0.717, 1.165) is 20.8 Å². The molecule has 4 nitrogen and oxygen atoms in total. The molecule has 26 heavy (non-hydrogen) atoms. The zero-order valence-corrected chi connectivity index (χ0v) is 14.9. The minimum absolute atomic E-state index is 0.166. The first-order valence-electron chi connectivity index (χ1n) is 8.15. The molecule has 4 rings (SSSR count). The molecule has 128 valence electrons. The molecule has 0 saturated heterocycles. The highest BCUT2D eigenvalue weighted by atomic mass is 32.1. The summed E-state index contributed by atoms with van der Waals surface area (Å²) in [6, 6.07) is 22.8. The number of carbonyl (C=O) groups excluding carboxylic acids is 1. The Morgan fingerprint density at radius 1 is 1.00 bits per heavy atom. The molecular formula is C21H16N2O2S. The first-order chi connectivity index (χ1) is 12.7. The van der Waals surface area contributed by atoms with Gasteiger partial charge in [-0.2, -0.15) is 0 Å². The highest BCUT2D eigenvalue weighted by Gasteiger charge is 2.14. The van der Waals surface area contributed by atoms with Gasteiger partial charge in [0.05, 0.1) is 23.0 Å². The van der Waals surface area contributed by atoms with Crippen LogP contribution in [0.25, 0.3) is 20.8 Å². The molecule has 0 atom stereocenters. The number of anilines is 1. The molecule has 1 N–H and O–H groups in total. The maximum absolute atomic E-state index is 12.6. The van der Waals surface area contributed by atoms with Crippen molar-refractivity contribution in [2.75, 3.05) is 12.4 Å². The Labute approximate surface area is 155 Å². The van der Waals surface area contributed by atoms with Crippen LogP contribution in [0.1, 0.15) is 10.4 Å². The highest BCUT2D eigenvalue weighted by molar-refractivity contribution is 7.21. The van der Waals surface area contributed by atoms with Gasteiger partial charge in [-0.25, -0.2) is 4.98 Å². The first kappa shape index (κ1) is 16.3. The summed E-state index contributed by atoms with van der Waals surface area (Å²) in [5.74, 6) is 0.513. The number of benzene rings is 3. The van der Waals surface area contributed by atoms with Crippen LogP contribution in [0.5, 0.6) is 5.75 Å². The Hall–Kier alpha value is -3.18. The summed E-state index contributed by atoms with van der Waals surface area (Å²) >= 11 is 1.60. The molecule has 4 aromatic rings. The van der Waals surface area contributed by atoms with E-state index in [1.807, 2.05) is 60.7 Å². The van der Waals surface area contributed by atoms with Crippen molar-refractivity contribution in [2.45, 2.75) is 0 Å². The summed E-state index contributed by atoms with van der Waals surface area (Å²) in [5.41, 5.74) is 3.10. The smallest absolute Gasteiger partial charge is 0.255 e. The quantitative estimate of drug-likeness (QED) is 0.542. The molecule has 1 amide bonds. The molecule has 0 spiro atoms. The monoisotopic (exact) mass is 360 g/mol.